The summed E-state index contributed by atoms with van der Waals surface area (Å²) >= 11 is 0. The normalized spacial score (nSPS) is 23.0. The Kier molecular flexibility index (Phi) is 6.67. The number of carbonyl (C=O) groups is 2. The van der Waals surface area contributed by atoms with Gasteiger partial charge in [0.2, 0.25) is 5.91 Å². The molecule has 4 N–H and O–H groups in total. The van der Waals surface area contributed by atoms with Crippen molar-refractivity contribution < 1.29 is 27.9 Å². The van der Waals surface area contributed by atoms with Gasteiger partial charge >= 0.3 is 6.18 Å². The minimum absolute atomic E-state index is 0.0541. The molecule has 37 heavy (non-hydrogen) atoms. The highest BCUT2D eigenvalue weighted by Gasteiger charge is 2.40. The number of aromatic nitrogens is 2. The molecule has 1 aromatic heterocycles. The van der Waals surface area contributed by atoms with Crippen molar-refractivity contribution >= 4 is 22.8 Å². The van der Waals surface area contributed by atoms with Crippen molar-refractivity contribution in [1.29, 1.82) is 0 Å². The third-order valence-corrected chi connectivity index (χ3v) is 7.39. The van der Waals surface area contributed by atoms with Crippen LogP contribution in [0.4, 0.5) is 13.2 Å². The van der Waals surface area contributed by atoms with E-state index in [1.54, 1.807) is 6.33 Å². The number of likely N-dealkylation sites (tertiary alicyclic amines) is 1. The summed E-state index contributed by atoms with van der Waals surface area (Å²) in [5, 5.41) is 16.5. The number of aliphatic hydroxyl groups is 1. The van der Waals surface area contributed by atoms with Crippen LogP contribution in [0.3, 0.4) is 0 Å². The topological polar surface area (TPSA) is 110 Å². The van der Waals surface area contributed by atoms with Crippen molar-refractivity contribution in [3.63, 3.8) is 0 Å². The third kappa shape index (κ3) is 5.47. The predicted molar refractivity (Wildman–Crippen MR) is 130 cm³/mol. The van der Waals surface area contributed by atoms with Crippen LogP contribution in [0.15, 0.2) is 48.8 Å². The van der Waals surface area contributed by atoms with Crippen LogP contribution >= 0.6 is 0 Å². The first kappa shape index (κ1) is 25.2. The number of nitrogens with zero attached hydrogens (tertiary/aromatic N) is 2. The Morgan fingerprint density at radius 3 is 2.62 bits per heavy atom. The van der Waals surface area contributed by atoms with Crippen LogP contribution in [0.2, 0.25) is 0 Å². The van der Waals surface area contributed by atoms with Crippen molar-refractivity contribution in [1.82, 2.24) is 25.5 Å². The molecule has 196 valence electrons. The van der Waals surface area contributed by atoms with E-state index in [0.717, 1.165) is 47.6 Å². The Morgan fingerprint density at radius 1 is 1.14 bits per heavy atom. The number of hydrogen-bond donors (Lipinski definition) is 4. The molecule has 2 heterocycles. The fourth-order valence-electron chi connectivity index (χ4n) is 5.24. The van der Waals surface area contributed by atoms with Crippen LogP contribution in [0.5, 0.6) is 0 Å². The molecule has 2 amide bonds. The van der Waals surface area contributed by atoms with Crippen LogP contribution in [0.1, 0.15) is 47.2 Å². The van der Waals surface area contributed by atoms with Gasteiger partial charge in [0.25, 0.3) is 5.91 Å². The number of alkyl halides is 3. The Bertz CT molecular complexity index is 1290. The SMILES string of the molecule is O=C(CNC(=O)c1cccc(C(F)(F)F)c1)NC1CN(C2CCC(O)(c3ccc4nc[nH]c4c3)CC2)C1. The van der Waals surface area contributed by atoms with Crippen LogP contribution in [-0.4, -0.2) is 63.5 Å². The van der Waals surface area contributed by atoms with Crippen LogP contribution in [-0.2, 0) is 16.6 Å². The lowest BCUT2D eigenvalue weighted by molar-refractivity contribution is -0.137. The van der Waals surface area contributed by atoms with Crippen molar-refractivity contribution in [3.8, 4) is 0 Å². The lowest BCUT2D eigenvalue weighted by atomic mass is 9.76. The molecular weight excluding hydrogens is 487 g/mol. The van der Waals surface area contributed by atoms with Gasteiger partial charge in [-0.3, -0.25) is 14.5 Å². The second kappa shape index (κ2) is 9.79. The number of amides is 2. The first-order valence-electron chi connectivity index (χ1n) is 12.3. The number of aromatic amines is 1. The maximum absolute atomic E-state index is 12.8. The van der Waals surface area contributed by atoms with E-state index >= 15 is 0 Å². The summed E-state index contributed by atoms with van der Waals surface area (Å²) in [6.45, 7) is 1.04. The van der Waals surface area contributed by atoms with E-state index in [1.807, 2.05) is 18.2 Å². The fraction of sp³-hybridized carbons (Fsp3) is 0.423. The maximum atomic E-state index is 12.8. The molecule has 0 unspecified atom stereocenters. The fourth-order valence-corrected chi connectivity index (χ4v) is 5.24. The van der Waals surface area contributed by atoms with Gasteiger partial charge in [-0.1, -0.05) is 12.1 Å². The summed E-state index contributed by atoms with van der Waals surface area (Å²) in [7, 11) is 0. The molecule has 5 rings (SSSR count). The number of hydrogen-bond acceptors (Lipinski definition) is 5. The van der Waals surface area contributed by atoms with E-state index in [9.17, 15) is 27.9 Å². The van der Waals surface area contributed by atoms with Gasteiger partial charge in [0, 0.05) is 24.7 Å². The molecule has 3 aromatic rings. The van der Waals surface area contributed by atoms with E-state index in [1.165, 1.54) is 6.07 Å². The van der Waals surface area contributed by atoms with Gasteiger partial charge in [-0.05, 0) is 61.6 Å². The van der Waals surface area contributed by atoms with E-state index in [-0.39, 0.29) is 18.2 Å². The monoisotopic (exact) mass is 515 g/mol. The summed E-state index contributed by atoms with van der Waals surface area (Å²) in [6.07, 6.45) is 0.0588. The largest absolute Gasteiger partial charge is 0.416 e. The van der Waals surface area contributed by atoms with Gasteiger partial charge in [0.05, 0.1) is 41.1 Å². The summed E-state index contributed by atoms with van der Waals surface area (Å²) < 4.78 is 38.5. The second-order valence-corrected chi connectivity index (χ2v) is 9.88. The van der Waals surface area contributed by atoms with E-state index in [0.29, 0.717) is 32.0 Å². The van der Waals surface area contributed by atoms with Gasteiger partial charge in [0.15, 0.2) is 0 Å². The lowest BCUT2D eigenvalue weighted by Gasteiger charge is -2.48. The molecule has 0 atom stereocenters. The minimum Gasteiger partial charge on any atom is -0.385 e. The minimum atomic E-state index is -4.55. The molecule has 8 nitrogen and oxygen atoms in total. The number of rotatable bonds is 6. The van der Waals surface area contributed by atoms with Crippen molar-refractivity contribution in [2.75, 3.05) is 19.6 Å². The van der Waals surface area contributed by atoms with Gasteiger partial charge in [-0.15, -0.1) is 0 Å². The zero-order valence-electron chi connectivity index (χ0n) is 20.0. The zero-order chi connectivity index (χ0) is 26.2. The summed E-state index contributed by atoms with van der Waals surface area (Å²) in [4.78, 5) is 34.0. The molecule has 2 fully saturated rings. The molecule has 2 aromatic carbocycles. The van der Waals surface area contributed by atoms with E-state index in [4.69, 9.17) is 0 Å². The van der Waals surface area contributed by atoms with Gasteiger partial charge in [-0.25, -0.2) is 4.98 Å². The smallest absolute Gasteiger partial charge is 0.385 e. The van der Waals surface area contributed by atoms with E-state index < -0.39 is 29.2 Å². The molecule has 0 bridgehead atoms. The molecule has 0 spiro atoms. The maximum Gasteiger partial charge on any atom is 0.416 e. The Hall–Kier alpha value is -3.44. The molecule has 0 radical (unpaired) electrons. The average molecular weight is 516 g/mol. The van der Waals surface area contributed by atoms with E-state index in [2.05, 4.69) is 25.5 Å². The number of fused-ring (bicyclic) bond motifs is 1. The molecule has 1 aliphatic heterocycles. The van der Waals surface area contributed by atoms with Crippen molar-refractivity contribution in [2.24, 2.45) is 0 Å². The molecule has 1 aliphatic carbocycles. The summed E-state index contributed by atoms with van der Waals surface area (Å²) in [5.41, 5.74) is 0.721. The molecule has 1 saturated carbocycles. The summed E-state index contributed by atoms with van der Waals surface area (Å²) in [5.74, 6) is -1.13. The number of nitrogens with one attached hydrogen (secondary N) is 3. The molecule has 2 aliphatic rings. The predicted octanol–water partition coefficient (Wildman–Crippen LogP) is 2.94. The Balaban J connectivity index is 1.04. The van der Waals surface area contributed by atoms with Gasteiger partial charge < -0.3 is 20.7 Å². The molecular formula is C26H28F3N5O3. The number of carbonyl (C=O) groups excluding carboxylic acids is 2. The third-order valence-electron chi connectivity index (χ3n) is 7.39. The van der Waals surface area contributed by atoms with Gasteiger partial charge in [0.1, 0.15) is 0 Å². The quantitative estimate of drug-likeness (QED) is 0.404. The van der Waals surface area contributed by atoms with Crippen LogP contribution in [0.25, 0.3) is 11.0 Å². The lowest BCUT2D eigenvalue weighted by Crippen LogP contribution is -2.63. The molecule has 11 heteroatoms. The molecule has 1 saturated heterocycles. The van der Waals surface area contributed by atoms with Crippen LogP contribution < -0.4 is 10.6 Å². The first-order chi connectivity index (χ1) is 17.6. The number of halogens is 3. The summed E-state index contributed by atoms with van der Waals surface area (Å²) in [6, 6.07) is 10.2. The number of H-pyrrole nitrogens is 1. The number of benzene rings is 2. The van der Waals surface area contributed by atoms with Gasteiger partial charge in [-0.2, -0.15) is 13.2 Å². The highest BCUT2D eigenvalue weighted by Crippen LogP contribution is 2.40. The highest BCUT2D eigenvalue weighted by atomic mass is 19.4. The van der Waals surface area contributed by atoms with Crippen molar-refractivity contribution in [2.45, 2.75) is 49.5 Å². The zero-order valence-corrected chi connectivity index (χ0v) is 20.0. The first-order valence-corrected chi connectivity index (χ1v) is 12.3. The van der Waals surface area contributed by atoms with Crippen molar-refractivity contribution in [3.05, 3.63) is 65.5 Å². The van der Waals surface area contributed by atoms with Crippen LogP contribution in [0, 0.1) is 0 Å². The highest BCUT2D eigenvalue weighted by molar-refractivity contribution is 5.96. The standard InChI is InChI=1S/C26H28F3N5O3/c27-26(28,29)18-3-1-2-16(10-18)24(36)30-12-23(35)33-19-13-34(14-19)20-6-8-25(37,9-7-20)17-4-5-21-22(11-17)32-15-31-21/h1-5,10-11,15,19-20,37H,6-9,12-14H2,(H,30,36)(H,31,32)(H,33,35). The number of imidazole rings is 1. The second-order valence-electron chi connectivity index (χ2n) is 9.88. The Labute approximate surface area is 211 Å². The average Bonchev–Trinajstić information content (AvgIpc) is 3.33. The Morgan fingerprint density at radius 2 is 1.89 bits per heavy atom.